The van der Waals surface area contributed by atoms with Crippen LogP contribution in [-0.2, 0) is 9.47 Å². The number of nitrogens with zero attached hydrogens (tertiary/aromatic N) is 2. The third-order valence-corrected chi connectivity index (χ3v) is 1.38. The quantitative estimate of drug-likeness (QED) is 0.651. The van der Waals surface area contributed by atoms with E-state index < -0.39 is 6.29 Å². The topological polar surface area (TPSA) is 57.4 Å². The first-order valence-corrected chi connectivity index (χ1v) is 4.31. The molecule has 0 unspecified atom stereocenters. The highest BCUT2D eigenvalue weighted by Gasteiger charge is 2.17. The molecule has 13 heavy (non-hydrogen) atoms. The fourth-order valence-corrected chi connectivity index (χ4v) is 0.902. The van der Waals surface area contributed by atoms with Crippen LogP contribution in [0.15, 0.2) is 4.52 Å². The summed E-state index contributed by atoms with van der Waals surface area (Å²) in [4.78, 5) is 4.02. The lowest BCUT2D eigenvalue weighted by atomic mass is 10.6. The molecule has 0 radical (unpaired) electrons. The van der Waals surface area contributed by atoms with Gasteiger partial charge in [0.15, 0.2) is 5.82 Å². The number of aryl methyl sites for hydroxylation is 1. The van der Waals surface area contributed by atoms with Gasteiger partial charge in [0.25, 0.3) is 5.89 Å². The highest BCUT2D eigenvalue weighted by molar-refractivity contribution is 4.84. The maximum Gasteiger partial charge on any atom is 0.283 e. The largest absolute Gasteiger partial charge is 0.345 e. The van der Waals surface area contributed by atoms with Crippen molar-refractivity contribution >= 4 is 0 Å². The van der Waals surface area contributed by atoms with Gasteiger partial charge in [-0.3, -0.25) is 0 Å². The van der Waals surface area contributed by atoms with E-state index in [0.717, 1.165) is 0 Å². The van der Waals surface area contributed by atoms with Gasteiger partial charge in [0.2, 0.25) is 6.29 Å². The average molecular weight is 186 g/mol. The van der Waals surface area contributed by atoms with E-state index in [4.69, 9.17) is 14.0 Å². The number of aromatic nitrogens is 2. The SMILES string of the molecule is CCOC(OCC)c1nc(C)no1. The molecular formula is C8H14N2O3. The third kappa shape index (κ3) is 2.78. The summed E-state index contributed by atoms with van der Waals surface area (Å²) in [5, 5.41) is 3.66. The zero-order valence-electron chi connectivity index (χ0n) is 8.11. The molecule has 5 nitrogen and oxygen atoms in total. The van der Waals surface area contributed by atoms with E-state index in [9.17, 15) is 0 Å². The van der Waals surface area contributed by atoms with Crippen LogP contribution in [0.3, 0.4) is 0 Å². The molecule has 0 amide bonds. The Bertz CT molecular complexity index is 243. The van der Waals surface area contributed by atoms with Crippen molar-refractivity contribution in [2.45, 2.75) is 27.1 Å². The highest BCUT2D eigenvalue weighted by atomic mass is 16.7. The summed E-state index contributed by atoms with van der Waals surface area (Å²) in [5.41, 5.74) is 0. The molecule has 0 spiro atoms. The zero-order valence-corrected chi connectivity index (χ0v) is 8.11. The molecular weight excluding hydrogens is 172 g/mol. The lowest BCUT2D eigenvalue weighted by Gasteiger charge is -2.11. The molecule has 0 aromatic carbocycles. The van der Waals surface area contributed by atoms with Crippen LogP contribution in [0.4, 0.5) is 0 Å². The van der Waals surface area contributed by atoms with E-state index in [1.807, 2.05) is 13.8 Å². The van der Waals surface area contributed by atoms with Gasteiger partial charge in [-0.2, -0.15) is 4.98 Å². The Morgan fingerprint density at radius 2 is 1.92 bits per heavy atom. The Morgan fingerprint density at radius 3 is 2.31 bits per heavy atom. The number of rotatable bonds is 5. The van der Waals surface area contributed by atoms with Gasteiger partial charge >= 0.3 is 0 Å². The van der Waals surface area contributed by atoms with Gasteiger partial charge < -0.3 is 14.0 Å². The van der Waals surface area contributed by atoms with E-state index in [0.29, 0.717) is 24.9 Å². The third-order valence-electron chi connectivity index (χ3n) is 1.38. The fourth-order valence-electron chi connectivity index (χ4n) is 0.902. The molecule has 0 atom stereocenters. The zero-order chi connectivity index (χ0) is 9.68. The molecule has 0 aliphatic heterocycles. The van der Waals surface area contributed by atoms with Crippen molar-refractivity contribution in [3.63, 3.8) is 0 Å². The second kappa shape index (κ2) is 4.94. The second-order valence-electron chi connectivity index (χ2n) is 2.42. The molecule has 0 fully saturated rings. The van der Waals surface area contributed by atoms with Crippen LogP contribution in [0.2, 0.25) is 0 Å². The summed E-state index contributed by atoms with van der Waals surface area (Å²) in [6, 6.07) is 0. The Morgan fingerprint density at radius 1 is 1.31 bits per heavy atom. The van der Waals surface area contributed by atoms with Crippen molar-refractivity contribution in [1.82, 2.24) is 10.1 Å². The maximum atomic E-state index is 5.26. The normalized spacial score (nSPS) is 11.1. The first kappa shape index (κ1) is 10.1. The van der Waals surface area contributed by atoms with Crippen molar-refractivity contribution in [1.29, 1.82) is 0 Å². The van der Waals surface area contributed by atoms with Gasteiger partial charge in [0.05, 0.1) is 0 Å². The Hall–Kier alpha value is -0.940. The summed E-state index contributed by atoms with van der Waals surface area (Å²) >= 11 is 0. The summed E-state index contributed by atoms with van der Waals surface area (Å²) in [5.74, 6) is 0.959. The van der Waals surface area contributed by atoms with E-state index in [1.54, 1.807) is 6.92 Å². The van der Waals surface area contributed by atoms with Crippen molar-refractivity contribution in [2.75, 3.05) is 13.2 Å². The maximum absolute atomic E-state index is 5.26. The molecule has 1 heterocycles. The van der Waals surface area contributed by atoms with Crippen molar-refractivity contribution in [2.24, 2.45) is 0 Å². The lowest BCUT2D eigenvalue weighted by Crippen LogP contribution is -2.09. The number of hydrogen-bond donors (Lipinski definition) is 0. The van der Waals surface area contributed by atoms with E-state index in [1.165, 1.54) is 0 Å². The number of hydrogen-bond acceptors (Lipinski definition) is 5. The molecule has 0 saturated carbocycles. The van der Waals surface area contributed by atoms with Crippen LogP contribution in [0, 0.1) is 6.92 Å². The monoisotopic (exact) mass is 186 g/mol. The minimum atomic E-state index is -0.531. The standard InChI is InChI=1S/C8H14N2O3/c1-4-11-8(12-5-2)7-9-6(3)10-13-7/h8H,4-5H2,1-3H3. The van der Waals surface area contributed by atoms with Gasteiger partial charge in [0.1, 0.15) is 0 Å². The van der Waals surface area contributed by atoms with Gasteiger partial charge in [-0.05, 0) is 20.8 Å². The average Bonchev–Trinajstić information content (AvgIpc) is 2.51. The lowest BCUT2D eigenvalue weighted by molar-refractivity contribution is -0.155. The molecule has 1 rings (SSSR count). The molecule has 0 aliphatic carbocycles. The number of ether oxygens (including phenoxy) is 2. The molecule has 5 heteroatoms. The highest BCUT2D eigenvalue weighted by Crippen LogP contribution is 2.16. The van der Waals surface area contributed by atoms with Crippen LogP contribution < -0.4 is 0 Å². The van der Waals surface area contributed by atoms with E-state index in [2.05, 4.69) is 10.1 Å². The van der Waals surface area contributed by atoms with Crippen molar-refractivity contribution < 1.29 is 14.0 Å². The first-order chi connectivity index (χ1) is 6.27. The Labute approximate surface area is 77.0 Å². The van der Waals surface area contributed by atoms with Crippen molar-refractivity contribution in [3.8, 4) is 0 Å². The second-order valence-corrected chi connectivity index (χ2v) is 2.42. The predicted molar refractivity (Wildman–Crippen MR) is 45.0 cm³/mol. The van der Waals surface area contributed by atoms with Crippen molar-refractivity contribution in [3.05, 3.63) is 11.7 Å². The summed E-state index contributed by atoms with van der Waals surface area (Å²) in [7, 11) is 0. The van der Waals surface area contributed by atoms with E-state index >= 15 is 0 Å². The van der Waals surface area contributed by atoms with Gasteiger partial charge in [-0.1, -0.05) is 5.16 Å². The molecule has 74 valence electrons. The van der Waals surface area contributed by atoms with E-state index in [-0.39, 0.29) is 0 Å². The van der Waals surface area contributed by atoms with Gasteiger partial charge in [0, 0.05) is 13.2 Å². The Kier molecular flexibility index (Phi) is 3.85. The van der Waals surface area contributed by atoms with Gasteiger partial charge in [-0.15, -0.1) is 0 Å². The summed E-state index contributed by atoms with van der Waals surface area (Å²) in [6.45, 7) is 6.62. The molecule has 0 saturated heterocycles. The molecule has 1 aromatic heterocycles. The smallest absolute Gasteiger partial charge is 0.283 e. The van der Waals surface area contributed by atoms with Gasteiger partial charge in [-0.25, -0.2) is 0 Å². The first-order valence-electron chi connectivity index (χ1n) is 4.31. The fraction of sp³-hybridized carbons (Fsp3) is 0.750. The van der Waals surface area contributed by atoms with Crippen LogP contribution >= 0.6 is 0 Å². The molecule has 0 aliphatic rings. The minimum absolute atomic E-state index is 0.376. The molecule has 1 aromatic rings. The van der Waals surface area contributed by atoms with Crippen LogP contribution in [-0.4, -0.2) is 23.4 Å². The summed E-state index contributed by atoms with van der Waals surface area (Å²) < 4.78 is 15.4. The molecule has 0 N–H and O–H groups in total. The predicted octanol–water partition coefficient (Wildman–Crippen LogP) is 1.45. The van der Waals surface area contributed by atoms with Crippen LogP contribution in [0.5, 0.6) is 0 Å². The van der Waals surface area contributed by atoms with Crippen LogP contribution in [0.25, 0.3) is 0 Å². The molecule has 0 bridgehead atoms. The minimum Gasteiger partial charge on any atom is -0.345 e. The van der Waals surface area contributed by atoms with Crippen LogP contribution in [0.1, 0.15) is 31.9 Å². The summed E-state index contributed by atoms with van der Waals surface area (Å²) in [6.07, 6.45) is -0.531. The Balaban J connectivity index is 2.63.